The molecule has 1 atom stereocenters. The number of ketones is 1. The van der Waals surface area contributed by atoms with Crippen LogP contribution in [0.25, 0.3) is 5.76 Å². The number of carbonyl (C=O) groups excluding carboxylic acids is 2. The first-order chi connectivity index (χ1) is 22.4. The van der Waals surface area contributed by atoms with Crippen molar-refractivity contribution in [1.82, 2.24) is 10.2 Å². The molecule has 3 aromatic carbocycles. The molecule has 0 bridgehead atoms. The maximum absolute atomic E-state index is 13.6. The zero-order valence-electron chi connectivity index (χ0n) is 25.8. The standard InChI is InChI=1S/C35H36ClN3O5S2/c1-3-5-9-21-44-26-16-12-23(13-17-26)30-29(31(40)24-14-18-27(19-15-24)43-20-6-4-2)32(41)33(42)39(30)34-37-38-35(46-34)45-22-25-10-7-8-11-28(25)36/h7-8,10-19,30,40H,3-6,9,20-22H2,1-2H3/b31-29-. The fourth-order valence-corrected chi connectivity index (χ4v) is 7.10. The Morgan fingerprint density at radius 1 is 0.891 bits per heavy atom. The molecule has 1 fully saturated rings. The highest BCUT2D eigenvalue weighted by molar-refractivity contribution is 8.00. The summed E-state index contributed by atoms with van der Waals surface area (Å²) in [4.78, 5) is 28.6. The molecule has 0 spiro atoms. The van der Waals surface area contributed by atoms with Crippen LogP contribution in [0.15, 0.2) is 82.7 Å². The van der Waals surface area contributed by atoms with Gasteiger partial charge in [0, 0.05) is 16.3 Å². The number of Topliss-reactive ketones (excluding diaryl/α,β-unsaturated/α-hetero) is 1. The maximum atomic E-state index is 13.6. The van der Waals surface area contributed by atoms with E-state index in [0.717, 1.165) is 37.7 Å². The van der Waals surface area contributed by atoms with Crippen molar-refractivity contribution >= 4 is 57.3 Å². The molecule has 1 aliphatic rings. The minimum Gasteiger partial charge on any atom is -0.507 e. The minimum absolute atomic E-state index is 0.0262. The molecule has 0 radical (unpaired) electrons. The van der Waals surface area contributed by atoms with Crippen LogP contribution in [0.1, 0.15) is 68.7 Å². The zero-order valence-corrected chi connectivity index (χ0v) is 28.2. The Hall–Kier alpha value is -3.86. The summed E-state index contributed by atoms with van der Waals surface area (Å²) in [5, 5.41) is 21.1. The zero-order chi connectivity index (χ0) is 32.5. The summed E-state index contributed by atoms with van der Waals surface area (Å²) in [6.07, 6.45) is 5.08. The summed E-state index contributed by atoms with van der Waals surface area (Å²) in [5.74, 6) is 0.0467. The molecule has 1 amide bonds. The van der Waals surface area contributed by atoms with E-state index in [-0.39, 0.29) is 16.5 Å². The SMILES string of the molecule is CCCCCOc1ccc(C2/C(=C(/O)c3ccc(OCCCC)cc3)C(=O)C(=O)N2c2nnc(SCc3ccccc3Cl)s2)cc1. The number of hydrogen-bond donors (Lipinski definition) is 1. The van der Waals surface area contributed by atoms with Gasteiger partial charge in [0.1, 0.15) is 17.3 Å². The normalized spacial score (nSPS) is 15.8. The van der Waals surface area contributed by atoms with Gasteiger partial charge in [-0.05, 0) is 66.4 Å². The number of unbranched alkanes of at least 4 members (excludes halogenated alkanes) is 3. The number of aliphatic hydroxyl groups excluding tert-OH is 1. The van der Waals surface area contributed by atoms with Gasteiger partial charge in [-0.25, -0.2) is 0 Å². The Kier molecular flexibility index (Phi) is 11.7. The molecule has 1 unspecified atom stereocenters. The molecule has 0 saturated carbocycles. The summed E-state index contributed by atoms with van der Waals surface area (Å²) in [7, 11) is 0. The van der Waals surface area contributed by atoms with E-state index in [1.54, 1.807) is 24.3 Å². The topological polar surface area (TPSA) is 102 Å². The second-order valence-electron chi connectivity index (χ2n) is 10.8. The Morgan fingerprint density at radius 3 is 2.22 bits per heavy atom. The number of amides is 1. The number of aromatic nitrogens is 2. The summed E-state index contributed by atoms with van der Waals surface area (Å²) in [6.45, 7) is 5.42. The second-order valence-corrected chi connectivity index (χ2v) is 13.3. The molecule has 1 saturated heterocycles. The van der Waals surface area contributed by atoms with Gasteiger partial charge in [-0.2, -0.15) is 0 Å². The number of benzene rings is 3. The first-order valence-electron chi connectivity index (χ1n) is 15.4. The summed E-state index contributed by atoms with van der Waals surface area (Å²) in [6, 6.07) is 20.7. The monoisotopic (exact) mass is 677 g/mol. The highest BCUT2D eigenvalue weighted by Crippen LogP contribution is 2.44. The van der Waals surface area contributed by atoms with Gasteiger partial charge >= 0.3 is 5.91 Å². The van der Waals surface area contributed by atoms with Gasteiger partial charge in [0.25, 0.3) is 5.78 Å². The van der Waals surface area contributed by atoms with Gasteiger partial charge in [-0.15, -0.1) is 10.2 Å². The van der Waals surface area contributed by atoms with E-state index in [0.29, 0.717) is 51.0 Å². The number of ether oxygens (including phenoxy) is 2. The summed E-state index contributed by atoms with van der Waals surface area (Å²) in [5.41, 5.74) is 1.95. The van der Waals surface area contributed by atoms with Crippen molar-refractivity contribution in [3.05, 3.63) is 100 Å². The number of carbonyl (C=O) groups is 2. The third-order valence-corrected chi connectivity index (χ3v) is 9.94. The number of aliphatic hydroxyl groups is 1. The molecule has 0 aliphatic carbocycles. The number of hydrogen-bond acceptors (Lipinski definition) is 9. The van der Waals surface area contributed by atoms with Gasteiger partial charge < -0.3 is 14.6 Å². The Balaban J connectivity index is 1.47. The summed E-state index contributed by atoms with van der Waals surface area (Å²) < 4.78 is 12.3. The third kappa shape index (κ3) is 7.92. The predicted molar refractivity (Wildman–Crippen MR) is 184 cm³/mol. The smallest absolute Gasteiger partial charge is 0.301 e. The molecule has 46 heavy (non-hydrogen) atoms. The Labute approximate surface area is 282 Å². The molecule has 1 N–H and O–H groups in total. The van der Waals surface area contributed by atoms with Crippen molar-refractivity contribution in [3.63, 3.8) is 0 Å². The molecule has 5 rings (SSSR count). The van der Waals surface area contributed by atoms with E-state index >= 15 is 0 Å². The first kappa shape index (κ1) is 33.5. The van der Waals surface area contributed by atoms with Crippen LogP contribution in [0.4, 0.5) is 5.13 Å². The van der Waals surface area contributed by atoms with E-state index < -0.39 is 17.7 Å². The number of thioether (sulfide) groups is 1. The van der Waals surface area contributed by atoms with E-state index in [1.807, 2.05) is 48.5 Å². The quantitative estimate of drug-likeness (QED) is 0.0333. The lowest BCUT2D eigenvalue weighted by Crippen LogP contribution is -2.29. The van der Waals surface area contributed by atoms with E-state index in [9.17, 15) is 14.7 Å². The third-order valence-electron chi connectivity index (χ3n) is 7.46. The van der Waals surface area contributed by atoms with Crippen LogP contribution in [-0.2, 0) is 15.3 Å². The Morgan fingerprint density at radius 2 is 1.54 bits per heavy atom. The van der Waals surface area contributed by atoms with Gasteiger partial charge in [0.05, 0.1) is 24.8 Å². The fraction of sp³-hybridized carbons (Fsp3) is 0.314. The van der Waals surface area contributed by atoms with E-state index in [2.05, 4.69) is 24.0 Å². The molecular formula is C35H36ClN3O5S2. The molecule has 8 nitrogen and oxygen atoms in total. The molecule has 1 aliphatic heterocycles. The van der Waals surface area contributed by atoms with Crippen LogP contribution < -0.4 is 14.4 Å². The number of nitrogens with zero attached hydrogens (tertiary/aromatic N) is 3. The van der Waals surface area contributed by atoms with Crippen molar-refractivity contribution in [2.75, 3.05) is 18.1 Å². The molecule has 1 aromatic heterocycles. The van der Waals surface area contributed by atoms with Crippen molar-refractivity contribution in [1.29, 1.82) is 0 Å². The number of anilines is 1. The largest absolute Gasteiger partial charge is 0.507 e. The highest BCUT2D eigenvalue weighted by Gasteiger charge is 2.48. The van der Waals surface area contributed by atoms with Crippen molar-refractivity contribution < 1.29 is 24.2 Å². The number of rotatable bonds is 15. The van der Waals surface area contributed by atoms with E-state index in [1.165, 1.54) is 28.0 Å². The molecule has 2 heterocycles. The van der Waals surface area contributed by atoms with Crippen LogP contribution in [0.3, 0.4) is 0 Å². The lowest BCUT2D eigenvalue weighted by molar-refractivity contribution is -0.132. The van der Waals surface area contributed by atoms with Crippen LogP contribution in [-0.4, -0.2) is 40.2 Å². The second kappa shape index (κ2) is 16.1. The predicted octanol–water partition coefficient (Wildman–Crippen LogP) is 8.86. The Bertz CT molecular complexity index is 1670. The average molecular weight is 678 g/mol. The van der Waals surface area contributed by atoms with E-state index in [4.69, 9.17) is 21.1 Å². The number of halogens is 1. The first-order valence-corrected chi connectivity index (χ1v) is 17.6. The maximum Gasteiger partial charge on any atom is 0.301 e. The average Bonchev–Trinajstić information content (AvgIpc) is 3.64. The van der Waals surface area contributed by atoms with Gasteiger partial charge in [0.15, 0.2) is 4.34 Å². The van der Waals surface area contributed by atoms with Crippen LogP contribution >= 0.6 is 34.7 Å². The van der Waals surface area contributed by atoms with Gasteiger partial charge in [0.2, 0.25) is 5.13 Å². The molecule has 11 heteroatoms. The molecule has 240 valence electrons. The minimum atomic E-state index is -0.927. The van der Waals surface area contributed by atoms with Crippen molar-refractivity contribution in [2.45, 2.75) is 62.1 Å². The van der Waals surface area contributed by atoms with Crippen LogP contribution in [0.5, 0.6) is 11.5 Å². The van der Waals surface area contributed by atoms with Crippen LogP contribution in [0.2, 0.25) is 5.02 Å². The highest BCUT2D eigenvalue weighted by atomic mass is 35.5. The molecular weight excluding hydrogens is 642 g/mol. The fourth-order valence-electron chi connectivity index (χ4n) is 4.95. The lowest BCUT2D eigenvalue weighted by atomic mass is 9.95. The molecule has 4 aromatic rings. The van der Waals surface area contributed by atoms with Crippen molar-refractivity contribution in [2.24, 2.45) is 0 Å². The summed E-state index contributed by atoms with van der Waals surface area (Å²) >= 11 is 8.97. The van der Waals surface area contributed by atoms with Gasteiger partial charge in [-0.1, -0.05) is 98.1 Å². The lowest BCUT2D eigenvalue weighted by Gasteiger charge is -2.22. The van der Waals surface area contributed by atoms with Crippen LogP contribution in [0, 0.1) is 0 Å². The van der Waals surface area contributed by atoms with Gasteiger partial charge in [-0.3, -0.25) is 14.5 Å². The van der Waals surface area contributed by atoms with Crippen molar-refractivity contribution in [3.8, 4) is 11.5 Å².